The van der Waals surface area contributed by atoms with Gasteiger partial charge in [-0.3, -0.25) is 14.5 Å². The normalized spacial score (nSPS) is 19.9. The molecule has 0 unspecified atom stereocenters. The maximum atomic E-state index is 12.8. The molecule has 6 rings (SSSR count). The van der Waals surface area contributed by atoms with Gasteiger partial charge in [0.2, 0.25) is 0 Å². The summed E-state index contributed by atoms with van der Waals surface area (Å²) in [5.41, 5.74) is 3.52. The molecule has 8 nitrogen and oxygen atoms in total. The number of rotatable bonds is 6. The summed E-state index contributed by atoms with van der Waals surface area (Å²) >= 11 is 0. The van der Waals surface area contributed by atoms with Gasteiger partial charge in [0.25, 0.3) is 5.56 Å². The Bertz CT molecular complexity index is 1570. The zero-order valence-electron chi connectivity index (χ0n) is 20.2. The molecule has 188 valence electrons. The summed E-state index contributed by atoms with van der Waals surface area (Å²) in [6.07, 6.45) is 2.79. The van der Waals surface area contributed by atoms with E-state index in [2.05, 4.69) is 0 Å². The van der Waals surface area contributed by atoms with Crippen LogP contribution in [0.1, 0.15) is 45.6 Å². The fourth-order valence-electron chi connectivity index (χ4n) is 6.22. The second-order valence-electron chi connectivity index (χ2n) is 10.1. The number of carboxylic acids is 2. The van der Waals surface area contributed by atoms with Crippen molar-refractivity contribution in [2.45, 2.75) is 31.5 Å². The summed E-state index contributed by atoms with van der Waals surface area (Å²) < 4.78 is 3.83. The Morgan fingerprint density at radius 1 is 0.946 bits per heavy atom. The van der Waals surface area contributed by atoms with Crippen LogP contribution in [0, 0.1) is 5.92 Å². The van der Waals surface area contributed by atoms with Crippen molar-refractivity contribution < 1.29 is 19.8 Å². The van der Waals surface area contributed by atoms with Crippen molar-refractivity contribution >= 4 is 22.8 Å². The van der Waals surface area contributed by atoms with E-state index in [0.717, 1.165) is 23.2 Å². The van der Waals surface area contributed by atoms with Crippen molar-refractivity contribution in [3.8, 4) is 0 Å². The van der Waals surface area contributed by atoms with Crippen LogP contribution < -0.4 is 5.56 Å². The van der Waals surface area contributed by atoms with Crippen molar-refractivity contribution in [2.75, 3.05) is 13.1 Å². The molecule has 1 saturated heterocycles. The number of likely N-dealkylation sites (tertiary alicyclic amines) is 1. The summed E-state index contributed by atoms with van der Waals surface area (Å²) in [5, 5.41) is 20.8. The molecular formula is C29H27N3O5. The third-order valence-corrected chi connectivity index (χ3v) is 7.76. The number of benzene rings is 2. The van der Waals surface area contributed by atoms with Crippen molar-refractivity contribution in [1.29, 1.82) is 0 Å². The van der Waals surface area contributed by atoms with Gasteiger partial charge in [0.15, 0.2) is 0 Å². The minimum Gasteiger partial charge on any atom is -0.480 e. The minimum atomic E-state index is -1.05. The Hall–Kier alpha value is -4.17. The zero-order chi connectivity index (χ0) is 25.7. The standard InChI is InChI=1S/C29H27N3O5/c33-26-8-4-7-24-21-11-19(15-32(24)26)14-31(16-21)27(29(36)37)23-17-30(13-18-5-2-1-3-6-18)25-10-9-20(28(34)35)12-22(23)25/h1-10,12,17,19,21,27H,11,13-16H2,(H,34,35)(H,36,37)/t19-,21-,27+/m0/s1. The molecule has 0 radical (unpaired) electrons. The number of aromatic carboxylic acids is 1. The van der Waals surface area contributed by atoms with Gasteiger partial charge < -0.3 is 19.3 Å². The molecule has 8 heteroatoms. The summed E-state index contributed by atoms with van der Waals surface area (Å²) in [6.45, 7) is 2.18. The van der Waals surface area contributed by atoms with Crippen molar-refractivity contribution in [3.63, 3.8) is 0 Å². The van der Waals surface area contributed by atoms with Gasteiger partial charge in [0.1, 0.15) is 6.04 Å². The third kappa shape index (κ3) is 4.13. The third-order valence-electron chi connectivity index (χ3n) is 7.76. The van der Waals surface area contributed by atoms with Crippen LogP contribution in [0.4, 0.5) is 0 Å². The molecule has 2 aliphatic rings. The molecule has 2 bridgehead atoms. The van der Waals surface area contributed by atoms with Crippen LogP contribution >= 0.6 is 0 Å². The summed E-state index contributed by atoms with van der Waals surface area (Å²) in [5.74, 6) is -1.79. The molecule has 2 aromatic carbocycles. The Morgan fingerprint density at radius 3 is 2.51 bits per heavy atom. The molecular weight excluding hydrogens is 470 g/mol. The molecule has 0 spiro atoms. The lowest BCUT2D eigenvalue weighted by Gasteiger charge is -2.44. The van der Waals surface area contributed by atoms with E-state index in [1.54, 1.807) is 30.3 Å². The molecule has 0 saturated carbocycles. The Morgan fingerprint density at radius 2 is 1.76 bits per heavy atom. The Balaban J connectivity index is 1.44. The van der Waals surface area contributed by atoms with Gasteiger partial charge in [-0.25, -0.2) is 4.79 Å². The molecule has 37 heavy (non-hydrogen) atoms. The highest BCUT2D eigenvalue weighted by Crippen LogP contribution is 2.40. The highest BCUT2D eigenvalue weighted by molar-refractivity contribution is 5.96. The predicted octanol–water partition coefficient (Wildman–Crippen LogP) is 3.79. The quantitative estimate of drug-likeness (QED) is 0.420. The number of carboxylic acid groups (broad SMARTS) is 2. The lowest BCUT2D eigenvalue weighted by atomic mass is 9.82. The molecule has 0 aliphatic carbocycles. The number of nitrogens with zero attached hydrogens (tertiary/aromatic N) is 3. The highest BCUT2D eigenvalue weighted by Gasteiger charge is 2.40. The average molecular weight is 498 g/mol. The van der Waals surface area contributed by atoms with Crippen LogP contribution in [0.2, 0.25) is 0 Å². The SMILES string of the molecule is O=C(O)c1ccc2c(c1)c([C@H](C(=O)O)N1C[C@@H]3C[C@@H](C1)c1cccc(=O)n1C3)cn2Cc1ccccc1. The zero-order valence-corrected chi connectivity index (χ0v) is 20.2. The van der Waals surface area contributed by atoms with E-state index in [0.29, 0.717) is 37.1 Å². The first-order valence-corrected chi connectivity index (χ1v) is 12.5. The first kappa shape index (κ1) is 23.2. The van der Waals surface area contributed by atoms with Crippen LogP contribution in [0.3, 0.4) is 0 Å². The van der Waals surface area contributed by atoms with Crippen LogP contribution in [-0.4, -0.2) is 49.3 Å². The molecule has 4 aromatic rings. The van der Waals surface area contributed by atoms with Gasteiger partial charge >= 0.3 is 11.9 Å². The molecule has 3 atom stereocenters. The summed E-state index contributed by atoms with van der Waals surface area (Å²) in [6, 6.07) is 19.2. The van der Waals surface area contributed by atoms with Gasteiger partial charge in [0.05, 0.1) is 5.56 Å². The second kappa shape index (κ2) is 9.05. The predicted molar refractivity (Wildman–Crippen MR) is 138 cm³/mol. The van der Waals surface area contributed by atoms with Crippen molar-refractivity contribution in [3.05, 3.63) is 106 Å². The fraction of sp³-hybridized carbons (Fsp3) is 0.276. The van der Waals surface area contributed by atoms with Crippen LogP contribution in [0.25, 0.3) is 10.9 Å². The van der Waals surface area contributed by atoms with Gasteiger partial charge in [-0.2, -0.15) is 0 Å². The number of carbonyl (C=O) groups is 2. The van der Waals surface area contributed by atoms with Gasteiger partial charge in [0, 0.05) is 66.5 Å². The highest BCUT2D eigenvalue weighted by atomic mass is 16.4. The first-order valence-electron chi connectivity index (χ1n) is 12.5. The molecule has 0 amide bonds. The topological polar surface area (TPSA) is 105 Å². The van der Waals surface area contributed by atoms with Crippen LogP contribution in [0.5, 0.6) is 0 Å². The molecule has 2 N–H and O–H groups in total. The van der Waals surface area contributed by atoms with E-state index in [1.165, 1.54) is 0 Å². The number of hydrogen-bond donors (Lipinski definition) is 2. The number of aromatic nitrogens is 2. The first-order chi connectivity index (χ1) is 17.9. The average Bonchev–Trinajstić information content (AvgIpc) is 3.22. The van der Waals surface area contributed by atoms with E-state index in [4.69, 9.17) is 0 Å². The van der Waals surface area contributed by atoms with Crippen molar-refractivity contribution in [2.24, 2.45) is 5.92 Å². The number of piperidine rings is 1. The second-order valence-corrected chi connectivity index (χ2v) is 10.1. The van der Waals surface area contributed by atoms with Crippen molar-refractivity contribution in [1.82, 2.24) is 14.0 Å². The minimum absolute atomic E-state index is 0.0133. The smallest absolute Gasteiger partial charge is 0.335 e. The maximum absolute atomic E-state index is 12.8. The number of aliphatic carboxylic acids is 1. The van der Waals surface area contributed by atoms with Gasteiger partial charge in [-0.05, 0) is 42.2 Å². The molecule has 2 aromatic heterocycles. The largest absolute Gasteiger partial charge is 0.480 e. The van der Waals surface area contributed by atoms with E-state index < -0.39 is 18.0 Å². The summed E-state index contributed by atoms with van der Waals surface area (Å²) in [7, 11) is 0. The Labute approximate surface area is 213 Å². The van der Waals surface area contributed by atoms with Gasteiger partial charge in [-0.1, -0.05) is 36.4 Å². The van der Waals surface area contributed by atoms with E-state index in [9.17, 15) is 24.6 Å². The number of pyridine rings is 1. The molecule has 1 fully saturated rings. The number of hydrogen-bond acceptors (Lipinski definition) is 4. The Kier molecular flexibility index (Phi) is 5.68. The number of fused-ring (bicyclic) bond motifs is 5. The van der Waals surface area contributed by atoms with Crippen LogP contribution in [-0.2, 0) is 17.9 Å². The fourth-order valence-corrected chi connectivity index (χ4v) is 6.22. The van der Waals surface area contributed by atoms with Crippen LogP contribution in [0.15, 0.2) is 77.7 Å². The molecule has 2 aliphatic heterocycles. The maximum Gasteiger partial charge on any atom is 0.335 e. The lowest BCUT2D eigenvalue weighted by Crippen LogP contribution is -2.49. The monoisotopic (exact) mass is 497 g/mol. The molecule has 4 heterocycles. The van der Waals surface area contributed by atoms with E-state index >= 15 is 0 Å². The van der Waals surface area contributed by atoms with Gasteiger partial charge in [-0.15, -0.1) is 0 Å². The summed E-state index contributed by atoms with van der Waals surface area (Å²) in [4.78, 5) is 39.0. The van der Waals surface area contributed by atoms with E-state index in [1.807, 2.05) is 56.6 Å². The lowest BCUT2D eigenvalue weighted by molar-refractivity contribution is -0.144. The van der Waals surface area contributed by atoms with E-state index in [-0.39, 0.29) is 23.0 Å².